The van der Waals surface area contributed by atoms with Gasteiger partial charge in [-0.1, -0.05) is 25.0 Å². The van der Waals surface area contributed by atoms with E-state index in [-0.39, 0.29) is 36.7 Å². The van der Waals surface area contributed by atoms with Gasteiger partial charge in [-0.25, -0.2) is 0 Å². The van der Waals surface area contributed by atoms with Crippen molar-refractivity contribution in [1.29, 1.82) is 0 Å². The Kier molecular flexibility index (Phi) is 11.3. The van der Waals surface area contributed by atoms with Crippen LogP contribution in [-0.4, -0.2) is 48.1 Å². The van der Waals surface area contributed by atoms with E-state index >= 15 is 0 Å². The van der Waals surface area contributed by atoms with Gasteiger partial charge in [0.2, 0.25) is 0 Å². The van der Waals surface area contributed by atoms with Gasteiger partial charge in [-0.05, 0) is 70.4 Å². The number of hydrogen-bond donors (Lipinski definition) is 1. The van der Waals surface area contributed by atoms with E-state index in [0.29, 0.717) is 19.4 Å². The second-order valence-corrected chi connectivity index (χ2v) is 8.86. The predicted molar refractivity (Wildman–Crippen MR) is 117 cm³/mol. The Hall–Kier alpha value is -1.66. The average molecular weight is 425 g/mol. The van der Waals surface area contributed by atoms with E-state index in [0.717, 1.165) is 31.3 Å². The lowest BCUT2D eigenvalue weighted by Gasteiger charge is -2.35. The third-order valence-corrected chi connectivity index (χ3v) is 5.72. The molecule has 172 valence electrons. The van der Waals surface area contributed by atoms with Gasteiger partial charge in [0.15, 0.2) is 0 Å². The van der Waals surface area contributed by atoms with E-state index in [1.54, 1.807) is 0 Å². The molecular formula is C24H40O6. The van der Waals surface area contributed by atoms with Crippen LogP contribution < -0.4 is 0 Å². The van der Waals surface area contributed by atoms with Crippen molar-refractivity contribution in [2.45, 2.75) is 97.9 Å². The Morgan fingerprint density at radius 3 is 2.57 bits per heavy atom. The molecule has 1 saturated heterocycles. The van der Waals surface area contributed by atoms with Crippen LogP contribution in [0.15, 0.2) is 23.3 Å². The van der Waals surface area contributed by atoms with Crippen molar-refractivity contribution in [3.05, 3.63) is 23.3 Å². The number of aliphatic hydroxyl groups excluding tert-OH is 1. The molecule has 0 bridgehead atoms. The molecule has 0 spiro atoms. The Morgan fingerprint density at radius 1 is 1.27 bits per heavy atom. The molecule has 2 unspecified atom stereocenters. The van der Waals surface area contributed by atoms with Crippen molar-refractivity contribution in [3.63, 3.8) is 0 Å². The number of carbonyl (C=O) groups excluding carboxylic acids is 2. The lowest BCUT2D eigenvalue weighted by Crippen LogP contribution is -2.43. The summed E-state index contributed by atoms with van der Waals surface area (Å²) in [4.78, 5) is 22.6. The zero-order valence-corrected chi connectivity index (χ0v) is 19.5. The summed E-state index contributed by atoms with van der Waals surface area (Å²) >= 11 is 0. The minimum Gasteiger partial charge on any atom is -0.462 e. The fraction of sp³-hybridized carbons (Fsp3) is 0.750. The number of rotatable bonds is 10. The zero-order chi connectivity index (χ0) is 22.7. The molecular weight excluding hydrogens is 384 g/mol. The molecule has 0 amide bonds. The summed E-state index contributed by atoms with van der Waals surface area (Å²) in [7, 11) is 0. The van der Waals surface area contributed by atoms with Gasteiger partial charge in [0.25, 0.3) is 0 Å². The highest BCUT2D eigenvalue weighted by Gasteiger charge is 2.39. The van der Waals surface area contributed by atoms with E-state index in [9.17, 15) is 14.7 Å². The number of aliphatic hydroxyl groups is 1. The maximum atomic E-state index is 11.7. The smallest absolute Gasteiger partial charge is 0.303 e. The van der Waals surface area contributed by atoms with Crippen LogP contribution in [0.5, 0.6) is 0 Å². The minimum absolute atomic E-state index is 0.182. The largest absolute Gasteiger partial charge is 0.462 e. The van der Waals surface area contributed by atoms with Crippen molar-refractivity contribution in [2.75, 3.05) is 13.2 Å². The summed E-state index contributed by atoms with van der Waals surface area (Å²) in [6, 6.07) is 0. The maximum Gasteiger partial charge on any atom is 0.303 e. The normalized spacial score (nSPS) is 25.2. The van der Waals surface area contributed by atoms with Crippen LogP contribution in [-0.2, 0) is 23.8 Å². The first-order valence-electron chi connectivity index (χ1n) is 11.0. The summed E-state index contributed by atoms with van der Waals surface area (Å²) in [5.74, 6) is -0.445. The van der Waals surface area contributed by atoms with E-state index in [2.05, 4.69) is 13.0 Å². The first-order valence-corrected chi connectivity index (χ1v) is 11.0. The summed E-state index contributed by atoms with van der Waals surface area (Å²) in [5.41, 5.74) is 1.66. The summed E-state index contributed by atoms with van der Waals surface area (Å²) in [6.45, 7) is 11.6. The van der Waals surface area contributed by atoms with Gasteiger partial charge in [0, 0.05) is 13.8 Å². The Balaban J connectivity index is 2.70. The van der Waals surface area contributed by atoms with Crippen molar-refractivity contribution in [3.8, 4) is 0 Å². The topological polar surface area (TPSA) is 82.1 Å². The molecule has 1 heterocycles. The molecule has 4 atom stereocenters. The molecule has 0 aromatic heterocycles. The number of esters is 2. The SMILES string of the molecule is CC(=O)OCC=C1CC[C@H](OC(C)=O)[C@](C)(CCCC(C)C(O)CC=C(C)C)OC1. The molecule has 0 aromatic rings. The van der Waals surface area contributed by atoms with Crippen LogP contribution >= 0.6 is 0 Å². The molecule has 1 rings (SSSR count). The van der Waals surface area contributed by atoms with Gasteiger partial charge in [0.05, 0.1) is 12.7 Å². The number of hydrogen-bond acceptors (Lipinski definition) is 6. The quantitative estimate of drug-likeness (QED) is 0.411. The Labute approximate surface area is 181 Å². The molecule has 1 fully saturated rings. The number of carbonyl (C=O) groups is 2. The van der Waals surface area contributed by atoms with Crippen LogP contribution in [0.4, 0.5) is 0 Å². The highest BCUT2D eigenvalue weighted by Crippen LogP contribution is 2.34. The van der Waals surface area contributed by atoms with Gasteiger partial charge in [-0.15, -0.1) is 0 Å². The average Bonchev–Trinajstić information content (AvgIpc) is 2.79. The Morgan fingerprint density at radius 2 is 1.97 bits per heavy atom. The molecule has 0 saturated carbocycles. The first kappa shape index (κ1) is 26.4. The molecule has 1 aliphatic rings. The van der Waals surface area contributed by atoms with Gasteiger partial charge < -0.3 is 19.3 Å². The molecule has 6 heteroatoms. The molecule has 1 N–H and O–H groups in total. The van der Waals surface area contributed by atoms with Gasteiger partial charge in [-0.3, -0.25) is 9.59 Å². The van der Waals surface area contributed by atoms with Crippen LogP contribution in [0.1, 0.15) is 80.1 Å². The maximum absolute atomic E-state index is 11.7. The fourth-order valence-electron chi connectivity index (χ4n) is 3.66. The monoisotopic (exact) mass is 424 g/mol. The molecule has 1 aliphatic heterocycles. The second-order valence-electron chi connectivity index (χ2n) is 8.86. The number of allylic oxidation sites excluding steroid dienone is 1. The summed E-state index contributed by atoms with van der Waals surface area (Å²) in [6.07, 6.45) is 7.80. The lowest BCUT2D eigenvalue weighted by atomic mass is 9.87. The van der Waals surface area contributed by atoms with E-state index < -0.39 is 5.60 Å². The number of ether oxygens (including phenoxy) is 3. The molecule has 0 radical (unpaired) electrons. The van der Waals surface area contributed by atoms with Crippen molar-refractivity contribution in [2.24, 2.45) is 5.92 Å². The van der Waals surface area contributed by atoms with Gasteiger partial charge >= 0.3 is 11.9 Å². The molecule has 0 aromatic carbocycles. The molecule has 30 heavy (non-hydrogen) atoms. The third-order valence-electron chi connectivity index (χ3n) is 5.72. The van der Waals surface area contributed by atoms with Gasteiger partial charge in [0.1, 0.15) is 18.3 Å². The zero-order valence-electron chi connectivity index (χ0n) is 19.5. The van der Waals surface area contributed by atoms with Crippen molar-refractivity contribution >= 4 is 11.9 Å². The lowest BCUT2D eigenvalue weighted by molar-refractivity contribution is -0.167. The van der Waals surface area contributed by atoms with Crippen LogP contribution in [0.2, 0.25) is 0 Å². The predicted octanol–water partition coefficient (Wildman–Crippen LogP) is 4.50. The van der Waals surface area contributed by atoms with Crippen LogP contribution in [0.3, 0.4) is 0 Å². The first-order chi connectivity index (χ1) is 14.0. The highest BCUT2D eigenvalue weighted by molar-refractivity contribution is 5.66. The standard InChI is InChI=1S/C24H40O6/c1-17(2)9-11-22(27)18(3)8-7-14-24(6)23(30-20(5)26)12-10-21(16-29-24)13-15-28-19(4)25/h9,13,18,22-23,27H,7-8,10-12,14-16H2,1-6H3/t18?,22?,23-,24-/m0/s1. The highest BCUT2D eigenvalue weighted by atomic mass is 16.6. The molecule has 0 aliphatic carbocycles. The van der Waals surface area contributed by atoms with Crippen molar-refractivity contribution in [1.82, 2.24) is 0 Å². The fourth-order valence-corrected chi connectivity index (χ4v) is 3.66. The summed E-state index contributed by atoms with van der Waals surface area (Å²) in [5, 5.41) is 10.4. The van der Waals surface area contributed by atoms with Crippen LogP contribution in [0, 0.1) is 5.92 Å². The molecule has 6 nitrogen and oxygen atoms in total. The van der Waals surface area contributed by atoms with Crippen LogP contribution in [0.25, 0.3) is 0 Å². The van der Waals surface area contributed by atoms with E-state index in [4.69, 9.17) is 14.2 Å². The Bertz CT molecular complexity index is 619. The minimum atomic E-state index is -0.590. The third kappa shape index (κ3) is 9.90. The second kappa shape index (κ2) is 12.9. The van der Waals surface area contributed by atoms with Crippen molar-refractivity contribution < 1.29 is 28.9 Å². The van der Waals surface area contributed by atoms with E-state index in [1.807, 2.05) is 26.8 Å². The van der Waals surface area contributed by atoms with Gasteiger partial charge in [-0.2, -0.15) is 0 Å². The van der Waals surface area contributed by atoms with E-state index in [1.165, 1.54) is 19.4 Å². The summed E-state index contributed by atoms with van der Waals surface area (Å²) < 4.78 is 16.8.